The minimum absolute atomic E-state index is 0.0473. The van der Waals surface area contributed by atoms with Gasteiger partial charge in [-0.2, -0.15) is 0 Å². The molecule has 0 radical (unpaired) electrons. The predicted molar refractivity (Wildman–Crippen MR) is 105 cm³/mol. The maximum Gasteiger partial charge on any atom is 0.337 e. The van der Waals surface area contributed by atoms with E-state index in [1.165, 1.54) is 7.11 Å². The maximum absolute atomic E-state index is 12.4. The van der Waals surface area contributed by atoms with Crippen LogP contribution in [-0.4, -0.2) is 68.0 Å². The Labute approximate surface area is 169 Å². The van der Waals surface area contributed by atoms with Gasteiger partial charge in [-0.25, -0.2) is 4.79 Å². The molecule has 0 bridgehead atoms. The van der Waals surface area contributed by atoms with Crippen molar-refractivity contribution in [2.45, 2.75) is 26.3 Å². The van der Waals surface area contributed by atoms with Gasteiger partial charge in [-0.1, -0.05) is 13.8 Å². The predicted octanol–water partition coefficient (Wildman–Crippen LogP) is 0.801. The van der Waals surface area contributed by atoms with Crippen LogP contribution in [0.25, 0.3) is 0 Å². The van der Waals surface area contributed by atoms with E-state index in [0.717, 1.165) is 0 Å². The summed E-state index contributed by atoms with van der Waals surface area (Å²) in [6.07, 6.45) is -0.111. The van der Waals surface area contributed by atoms with Gasteiger partial charge >= 0.3 is 11.9 Å². The van der Waals surface area contributed by atoms with Crippen molar-refractivity contribution in [1.29, 1.82) is 0 Å². The Balaban J connectivity index is 1.94. The van der Waals surface area contributed by atoms with Crippen molar-refractivity contribution in [3.8, 4) is 0 Å². The molecular weight excluding hydrogens is 378 g/mol. The number of carbonyl (C=O) groups is 4. The molecule has 158 valence electrons. The Morgan fingerprint density at radius 1 is 1.24 bits per heavy atom. The van der Waals surface area contributed by atoms with Crippen molar-refractivity contribution in [1.82, 2.24) is 10.2 Å². The number of hydrogen-bond acceptors (Lipinski definition) is 7. The van der Waals surface area contributed by atoms with E-state index in [1.807, 2.05) is 13.8 Å². The number of methoxy groups -OCH3 is 1. The van der Waals surface area contributed by atoms with Gasteiger partial charge < -0.3 is 20.1 Å². The zero-order valence-corrected chi connectivity index (χ0v) is 16.9. The summed E-state index contributed by atoms with van der Waals surface area (Å²) in [7, 11) is 1.29. The molecule has 0 aliphatic carbocycles. The first-order valence-electron chi connectivity index (χ1n) is 9.45. The van der Waals surface area contributed by atoms with Gasteiger partial charge in [-0.05, 0) is 30.2 Å². The van der Waals surface area contributed by atoms with Gasteiger partial charge in [0.15, 0.2) is 0 Å². The van der Waals surface area contributed by atoms with Crippen LogP contribution in [0.15, 0.2) is 24.3 Å². The Hall–Kier alpha value is -2.94. The maximum atomic E-state index is 12.4. The number of nitrogens with zero attached hydrogens (tertiary/aromatic N) is 1. The molecule has 0 aromatic heterocycles. The second-order valence-corrected chi connectivity index (χ2v) is 7.18. The van der Waals surface area contributed by atoms with Crippen LogP contribution in [0.3, 0.4) is 0 Å². The summed E-state index contributed by atoms with van der Waals surface area (Å²) in [5.41, 5.74) is 0.884. The lowest BCUT2D eigenvalue weighted by atomic mass is 10.1. The van der Waals surface area contributed by atoms with Crippen LogP contribution in [0.2, 0.25) is 0 Å². The molecule has 1 fully saturated rings. The average Bonchev–Trinajstić information content (AvgIpc) is 2.69. The smallest absolute Gasteiger partial charge is 0.337 e. The average molecular weight is 405 g/mol. The highest BCUT2D eigenvalue weighted by Gasteiger charge is 2.33. The van der Waals surface area contributed by atoms with E-state index in [2.05, 4.69) is 15.4 Å². The molecule has 9 nitrogen and oxygen atoms in total. The molecule has 0 spiro atoms. The van der Waals surface area contributed by atoms with Crippen LogP contribution in [0.5, 0.6) is 0 Å². The summed E-state index contributed by atoms with van der Waals surface area (Å²) in [5, 5.41) is 5.44. The second-order valence-electron chi connectivity index (χ2n) is 7.18. The van der Waals surface area contributed by atoms with Crippen LogP contribution in [0, 0.1) is 5.92 Å². The molecule has 0 saturated carbocycles. The van der Waals surface area contributed by atoms with E-state index < -0.39 is 18.0 Å². The first-order chi connectivity index (χ1) is 13.8. The van der Waals surface area contributed by atoms with Crippen LogP contribution >= 0.6 is 0 Å². The molecule has 1 unspecified atom stereocenters. The van der Waals surface area contributed by atoms with E-state index in [0.29, 0.717) is 24.3 Å². The summed E-state index contributed by atoms with van der Waals surface area (Å²) < 4.78 is 9.79. The number of anilines is 1. The monoisotopic (exact) mass is 405 g/mol. The molecule has 1 aromatic carbocycles. The van der Waals surface area contributed by atoms with Gasteiger partial charge in [0.1, 0.15) is 6.04 Å². The molecule has 1 heterocycles. The number of ether oxygens (including phenoxy) is 2. The van der Waals surface area contributed by atoms with Crippen molar-refractivity contribution >= 4 is 29.4 Å². The number of piperazine rings is 1. The normalized spacial score (nSPS) is 16.8. The van der Waals surface area contributed by atoms with E-state index in [9.17, 15) is 19.2 Å². The molecule has 29 heavy (non-hydrogen) atoms. The standard InChI is InChI=1S/C20H27N3O6/c1-13(2)12-29-18(25)10-16-19(26)21-8-9-23(16)11-17(24)22-15-6-4-14(5-7-15)20(27)28-3/h4-7,13,16H,8-12H2,1-3H3,(H,21,26)(H,22,24). The highest BCUT2D eigenvalue weighted by molar-refractivity contribution is 5.95. The first-order valence-corrected chi connectivity index (χ1v) is 9.45. The topological polar surface area (TPSA) is 114 Å². The van der Waals surface area contributed by atoms with Gasteiger partial charge in [0.25, 0.3) is 0 Å². The fraction of sp³-hybridized carbons (Fsp3) is 0.500. The molecule has 1 atom stereocenters. The molecule has 2 amide bonds. The molecule has 9 heteroatoms. The summed E-state index contributed by atoms with van der Waals surface area (Å²) in [6.45, 7) is 4.94. The minimum Gasteiger partial charge on any atom is -0.465 e. The van der Waals surface area contributed by atoms with Gasteiger partial charge in [-0.3, -0.25) is 19.3 Å². The van der Waals surface area contributed by atoms with Crippen LogP contribution in [0.4, 0.5) is 5.69 Å². The lowest BCUT2D eigenvalue weighted by molar-refractivity contribution is -0.149. The van der Waals surface area contributed by atoms with Gasteiger partial charge in [0.2, 0.25) is 11.8 Å². The largest absolute Gasteiger partial charge is 0.465 e. The Morgan fingerprint density at radius 3 is 2.55 bits per heavy atom. The first kappa shape index (κ1) is 22.4. The lowest BCUT2D eigenvalue weighted by Crippen LogP contribution is -2.57. The van der Waals surface area contributed by atoms with Crippen LogP contribution < -0.4 is 10.6 Å². The van der Waals surface area contributed by atoms with Crippen molar-refractivity contribution in [3.05, 3.63) is 29.8 Å². The van der Waals surface area contributed by atoms with Crippen molar-refractivity contribution in [2.24, 2.45) is 5.92 Å². The van der Waals surface area contributed by atoms with Crippen LogP contribution in [0.1, 0.15) is 30.6 Å². The molecule has 2 rings (SSSR count). The molecule has 1 aliphatic heterocycles. The van der Waals surface area contributed by atoms with E-state index in [4.69, 9.17) is 4.74 Å². The number of hydrogen-bond donors (Lipinski definition) is 2. The Bertz CT molecular complexity index is 747. The molecular formula is C20H27N3O6. The third-order valence-electron chi connectivity index (χ3n) is 4.32. The Kier molecular flexibility index (Phi) is 8.14. The number of benzene rings is 1. The number of esters is 2. The highest BCUT2D eigenvalue weighted by Crippen LogP contribution is 2.13. The zero-order valence-electron chi connectivity index (χ0n) is 16.9. The molecule has 1 saturated heterocycles. The third-order valence-corrected chi connectivity index (χ3v) is 4.32. The fourth-order valence-electron chi connectivity index (χ4n) is 2.84. The molecule has 1 aromatic rings. The van der Waals surface area contributed by atoms with Crippen molar-refractivity contribution in [3.63, 3.8) is 0 Å². The summed E-state index contributed by atoms with van der Waals surface area (Å²) >= 11 is 0. The van der Waals surface area contributed by atoms with Gasteiger partial charge in [0.05, 0.1) is 32.2 Å². The number of carbonyl (C=O) groups excluding carboxylic acids is 4. The van der Waals surface area contributed by atoms with Crippen molar-refractivity contribution < 1.29 is 28.7 Å². The molecule has 2 N–H and O–H groups in total. The zero-order chi connectivity index (χ0) is 21.4. The quantitative estimate of drug-likeness (QED) is 0.615. The summed E-state index contributed by atoms with van der Waals surface area (Å²) in [4.78, 5) is 49.8. The van der Waals surface area contributed by atoms with E-state index in [1.54, 1.807) is 29.2 Å². The summed E-state index contributed by atoms with van der Waals surface area (Å²) in [6, 6.07) is 5.52. The van der Waals surface area contributed by atoms with Gasteiger partial charge in [0, 0.05) is 18.8 Å². The third kappa shape index (κ3) is 6.86. The molecule has 1 aliphatic rings. The Morgan fingerprint density at radius 2 is 1.93 bits per heavy atom. The SMILES string of the molecule is COC(=O)c1ccc(NC(=O)CN2CCNC(=O)C2CC(=O)OCC(C)C)cc1. The van der Waals surface area contributed by atoms with Gasteiger partial charge in [-0.15, -0.1) is 0 Å². The second kappa shape index (κ2) is 10.6. The number of amides is 2. The number of nitrogens with one attached hydrogen (secondary N) is 2. The highest BCUT2D eigenvalue weighted by atomic mass is 16.5. The van der Waals surface area contributed by atoms with E-state index in [-0.39, 0.29) is 37.3 Å². The summed E-state index contributed by atoms with van der Waals surface area (Å²) in [5.74, 6) is -1.36. The van der Waals surface area contributed by atoms with Crippen LogP contribution in [-0.2, 0) is 23.9 Å². The fourth-order valence-corrected chi connectivity index (χ4v) is 2.84. The number of rotatable bonds is 8. The van der Waals surface area contributed by atoms with E-state index >= 15 is 0 Å². The van der Waals surface area contributed by atoms with Crippen molar-refractivity contribution in [2.75, 3.05) is 38.7 Å². The minimum atomic E-state index is -0.754. The lowest BCUT2D eigenvalue weighted by Gasteiger charge is -2.33.